The molecule has 0 saturated heterocycles. The molecule has 0 saturated carbocycles. The maximum absolute atomic E-state index is 13.6. The van der Waals surface area contributed by atoms with E-state index >= 15 is 0 Å². The largest absolute Gasteiger partial charge is 0.366 e. The van der Waals surface area contributed by atoms with E-state index in [0.717, 1.165) is 12.1 Å². The second kappa shape index (κ2) is 8.17. The minimum absolute atomic E-state index is 0.183. The Bertz CT molecular complexity index is 1010. The van der Waals surface area contributed by atoms with Gasteiger partial charge in [-0.3, -0.25) is 9.78 Å². The number of rotatable bonds is 7. The number of carbonyl (C=O) groups excluding carboxylic acids is 1. The molecule has 2 heterocycles. The summed E-state index contributed by atoms with van der Waals surface area (Å²) >= 11 is 0. The molecule has 0 fully saturated rings. The van der Waals surface area contributed by atoms with E-state index in [-0.39, 0.29) is 16.9 Å². The average molecular weight is 390 g/mol. The van der Waals surface area contributed by atoms with Gasteiger partial charge in [0.15, 0.2) is 5.82 Å². The van der Waals surface area contributed by atoms with Crippen LogP contribution in [0.4, 0.5) is 19.0 Å². The fourth-order valence-corrected chi connectivity index (χ4v) is 2.84. The van der Waals surface area contributed by atoms with Crippen molar-refractivity contribution in [2.45, 2.75) is 12.5 Å². The molecule has 3 rings (SSSR count). The molecule has 0 spiro atoms. The van der Waals surface area contributed by atoms with Crippen LogP contribution in [0.25, 0.3) is 11.0 Å². The van der Waals surface area contributed by atoms with Crippen molar-refractivity contribution in [1.29, 1.82) is 0 Å². The molecule has 3 aromatic rings. The zero-order valence-corrected chi connectivity index (χ0v) is 14.8. The predicted octanol–water partition coefficient (Wildman–Crippen LogP) is 2.57. The van der Waals surface area contributed by atoms with Crippen molar-refractivity contribution < 1.29 is 18.0 Å². The second-order valence-corrected chi connectivity index (χ2v) is 5.98. The monoisotopic (exact) mass is 390 g/mol. The molecule has 2 aromatic heterocycles. The Kier molecular flexibility index (Phi) is 5.69. The van der Waals surface area contributed by atoms with E-state index in [2.05, 4.69) is 25.6 Å². The number of anilines is 1. The number of nitrogens with two attached hydrogens (primary N) is 1. The molecule has 10 heteroatoms. The van der Waals surface area contributed by atoms with Crippen molar-refractivity contribution in [2.24, 2.45) is 5.73 Å². The third-order valence-corrected chi connectivity index (χ3v) is 4.16. The van der Waals surface area contributed by atoms with Crippen LogP contribution in [0, 0.1) is 5.82 Å². The molecule has 7 nitrogen and oxygen atoms in total. The van der Waals surface area contributed by atoms with Gasteiger partial charge >= 0.3 is 0 Å². The molecular weight excluding hydrogens is 373 g/mol. The van der Waals surface area contributed by atoms with Crippen molar-refractivity contribution in [2.75, 3.05) is 18.9 Å². The zero-order chi connectivity index (χ0) is 20.3. The molecule has 0 bridgehead atoms. The number of halogens is 3. The summed E-state index contributed by atoms with van der Waals surface area (Å²) in [5, 5.41) is 6.04. The highest BCUT2D eigenvalue weighted by Crippen LogP contribution is 2.28. The number of nitrogens with one attached hydrogen (secondary N) is 2. The summed E-state index contributed by atoms with van der Waals surface area (Å²) in [6.45, 7) is 0.329. The molecular formula is C18H17F3N6O. The summed E-state index contributed by atoms with van der Waals surface area (Å²) in [5.74, 6) is -1.34. The SMILES string of the molecule is CNC[C@@H](Nc1ncnc2c(C(N)=O)ccnc12)c1ccc(F)c(C(F)F)c1. The summed E-state index contributed by atoms with van der Waals surface area (Å²) < 4.78 is 39.8. The predicted molar refractivity (Wildman–Crippen MR) is 97.5 cm³/mol. The number of fused-ring (bicyclic) bond motifs is 1. The average Bonchev–Trinajstić information content (AvgIpc) is 2.67. The normalized spacial score (nSPS) is 12.3. The van der Waals surface area contributed by atoms with Gasteiger partial charge in [-0.05, 0) is 30.8 Å². The summed E-state index contributed by atoms with van der Waals surface area (Å²) in [6, 6.07) is 4.45. The van der Waals surface area contributed by atoms with Crippen molar-refractivity contribution in [3.05, 3.63) is 59.3 Å². The standard InChI is InChI=1S/C18H17F3N6O/c1-23-7-13(9-2-3-12(19)11(6-9)16(20)21)27-18-15-14(25-8-26-18)10(17(22)28)4-5-24-15/h2-6,8,13,16,23H,7H2,1H3,(H2,22,28)(H,25,26,27)/t13-/m1/s1. The van der Waals surface area contributed by atoms with Crippen molar-refractivity contribution in [1.82, 2.24) is 20.3 Å². The Morgan fingerprint density at radius 1 is 1.18 bits per heavy atom. The summed E-state index contributed by atoms with van der Waals surface area (Å²) in [4.78, 5) is 24.0. The van der Waals surface area contributed by atoms with E-state index in [1.165, 1.54) is 24.7 Å². The van der Waals surface area contributed by atoms with Crippen LogP contribution in [0.3, 0.4) is 0 Å². The lowest BCUT2D eigenvalue weighted by Crippen LogP contribution is -2.24. The Morgan fingerprint density at radius 3 is 2.64 bits per heavy atom. The Labute approximate surface area is 158 Å². The number of hydrogen-bond acceptors (Lipinski definition) is 6. The molecule has 146 valence electrons. The minimum atomic E-state index is -2.94. The molecule has 1 amide bonds. The third-order valence-electron chi connectivity index (χ3n) is 4.16. The number of likely N-dealkylation sites (N-methyl/N-ethyl adjacent to an activating group) is 1. The lowest BCUT2D eigenvalue weighted by molar-refractivity contribution is 0.100. The molecule has 0 unspecified atom stereocenters. The lowest BCUT2D eigenvalue weighted by Gasteiger charge is -2.21. The maximum Gasteiger partial charge on any atom is 0.266 e. The molecule has 28 heavy (non-hydrogen) atoms. The highest BCUT2D eigenvalue weighted by atomic mass is 19.3. The van der Waals surface area contributed by atoms with E-state index < -0.39 is 29.8 Å². The highest BCUT2D eigenvalue weighted by Gasteiger charge is 2.20. The number of hydrogen-bond donors (Lipinski definition) is 3. The molecule has 0 radical (unpaired) electrons. The molecule has 0 aliphatic carbocycles. The Balaban J connectivity index is 2.03. The molecule has 4 N–H and O–H groups in total. The number of carbonyl (C=O) groups is 1. The van der Waals surface area contributed by atoms with E-state index in [1.807, 2.05) is 0 Å². The number of amides is 1. The van der Waals surface area contributed by atoms with Crippen LogP contribution in [0.5, 0.6) is 0 Å². The lowest BCUT2D eigenvalue weighted by atomic mass is 10.0. The van der Waals surface area contributed by atoms with Crippen LogP contribution in [0.15, 0.2) is 36.8 Å². The maximum atomic E-state index is 13.6. The van der Waals surface area contributed by atoms with E-state index in [0.29, 0.717) is 17.6 Å². The highest BCUT2D eigenvalue weighted by molar-refractivity contribution is 6.05. The van der Waals surface area contributed by atoms with Gasteiger partial charge in [0, 0.05) is 12.7 Å². The van der Waals surface area contributed by atoms with Gasteiger partial charge in [-0.1, -0.05) is 6.07 Å². The smallest absolute Gasteiger partial charge is 0.266 e. The fraction of sp³-hybridized carbons (Fsp3) is 0.222. The summed E-state index contributed by atoms with van der Waals surface area (Å²) in [7, 11) is 1.69. The van der Waals surface area contributed by atoms with Gasteiger partial charge in [-0.25, -0.2) is 23.1 Å². The van der Waals surface area contributed by atoms with Gasteiger partial charge in [0.2, 0.25) is 0 Å². The molecule has 0 aliphatic heterocycles. The van der Waals surface area contributed by atoms with Crippen LogP contribution >= 0.6 is 0 Å². The van der Waals surface area contributed by atoms with Gasteiger partial charge in [0.25, 0.3) is 12.3 Å². The number of pyridine rings is 1. The van der Waals surface area contributed by atoms with Gasteiger partial charge in [0.05, 0.1) is 17.2 Å². The number of nitrogens with zero attached hydrogens (tertiary/aromatic N) is 3. The van der Waals surface area contributed by atoms with Gasteiger partial charge in [-0.15, -0.1) is 0 Å². The molecule has 1 atom stereocenters. The van der Waals surface area contributed by atoms with E-state index in [9.17, 15) is 18.0 Å². The third kappa shape index (κ3) is 3.86. The first-order chi connectivity index (χ1) is 13.4. The quantitative estimate of drug-likeness (QED) is 0.573. The molecule has 1 aromatic carbocycles. The summed E-state index contributed by atoms with van der Waals surface area (Å²) in [6.07, 6.45) is -0.295. The van der Waals surface area contributed by atoms with Gasteiger partial charge < -0.3 is 16.4 Å². The van der Waals surface area contributed by atoms with Crippen LogP contribution in [-0.2, 0) is 0 Å². The first-order valence-corrected chi connectivity index (χ1v) is 8.30. The van der Waals surface area contributed by atoms with Crippen molar-refractivity contribution in [3.63, 3.8) is 0 Å². The van der Waals surface area contributed by atoms with Crippen molar-refractivity contribution in [3.8, 4) is 0 Å². The Morgan fingerprint density at radius 2 is 1.96 bits per heavy atom. The van der Waals surface area contributed by atoms with Crippen LogP contribution < -0.4 is 16.4 Å². The number of aromatic nitrogens is 3. The minimum Gasteiger partial charge on any atom is -0.366 e. The zero-order valence-electron chi connectivity index (χ0n) is 14.8. The summed E-state index contributed by atoms with van der Waals surface area (Å²) in [5.41, 5.74) is 5.87. The van der Waals surface area contributed by atoms with Crippen molar-refractivity contribution >= 4 is 22.8 Å². The number of primary amides is 1. The Hall–Kier alpha value is -3.27. The number of alkyl halides is 2. The topological polar surface area (TPSA) is 106 Å². The van der Waals surface area contributed by atoms with Crippen LogP contribution in [-0.4, -0.2) is 34.5 Å². The first kappa shape index (κ1) is 19.5. The van der Waals surface area contributed by atoms with Crippen LogP contribution in [0.1, 0.15) is 34.0 Å². The van der Waals surface area contributed by atoms with E-state index in [4.69, 9.17) is 5.73 Å². The second-order valence-electron chi connectivity index (χ2n) is 5.98. The van der Waals surface area contributed by atoms with E-state index in [1.54, 1.807) is 7.05 Å². The molecule has 0 aliphatic rings. The first-order valence-electron chi connectivity index (χ1n) is 8.30. The fourth-order valence-electron chi connectivity index (χ4n) is 2.84. The number of benzene rings is 1. The van der Waals surface area contributed by atoms with Gasteiger partial charge in [-0.2, -0.15) is 0 Å². The van der Waals surface area contributed by atoms with Crippen LogP contribution in [0.2, 0.25) is 0 Å². The van der Waals surface area contributed by atoms with Gasteiger partial charge in [0.1, 0.15) is 23.2 Å².